The van der Waals surface area contributed by atoms with Crippen LogP contribution in [0.3, 0.4) is 0 Å². The Hall–Kier alpha value is -2.30. The average Bonchev–Trinajstić information content (AvgIpc) is 2.64. The molecular weight excluding hydrogens is 278 g/mol. The third-order valence-electron chi connectivity index (χ3n) is 2.64. The summed E-state index contributed by atoms with van der Waals surface area (Å²) in [5.41, 5.74) is 1.24. The van der Waals surface area contributed by atoms with Crippen molar-refractivity contribution in [1.29, 1.82) is 0 Å². The summed E-state index contributed by atoms with van der Waals surface area (Å²) in [7, 11) is 5.07. The quantitative estimate of drug-likeness (QED) is 0.931. The molecule has 0 bridgehead atoms. The zero-order valence-corrected chi connectivity index (χ0v) is 14.4. The van der Waals surface area contributed by atoms with E-state index in [1.165, 1.54) is 5.56 Å². The molecule has 1 N–H and O–H groups in total. The molecule has 0 aliphatic heterocycles. The number of nitrogens with one attached hydrogen (secondary N) is 1. The number of nitrogens with zero attached hydrogens (tertiary/aromatic N) is 2. The van der Waals surface area contributed by atoms with Crippen molar-refractivity contribution in [3.05, 3.63) is 42.2 Å². The number of anilines is 1. The lowest BCUT2D eigenvalue weighted by molar-refractivity contribution is 0.397. The molecule has 122 valence electrons. The Morgan fingerprint density at radius 2 is 1.68 bits per heavy atom. The van der Waals surface area contributed by atoms with Crippen LogP contribution in [0, 0.1) is 0 Å². The van der Waals surface area contributed by atoms with Gasteiger partial charge in [-0.1, -0.05) is 26.8 Å². The number of hydrogen-bond acceptors (Lipinski definition) is 5. The van der Waals surface area contributed by atoms with Gasteiger partial charge in [0.05, 0.1) is 20.4 Å². The molecule has 0 unspecified atom stereocenters. The number of aryl methyl sites for hydroxylation is 1. The van der Waals surface area contributed by atoms with Crippen LogP contribution in [-0.4, -0.2) is 31.2 Å². The zero-order chi connectivity index (χ0) is 16.8. The standard InChI is InChI=1S/C8H11NO.C7H10N2O.C2H6/c1-3-7-4-5-8(10-2)9-6-7;1-8-7-4-3-6(10-2)5-9-7;1-2/h4-6H,3H2,1-2H3;3-5H,1-2H3,(H,8,9);1-2H3. The Bertz CT molecular complexity index is 391. The molecule has 0 radical (unpaired) electrons. The minimum Gasteiger partial charge on any atom is -0.495 e. The van der Waals surface area contributed by atoms with Gasteiger partial charge < -0.3 is 14.8 Å². The normalized spacial score (nSPS) is 8.64. The molecule has 0 aromatic carbocycles. The molecule has 5 nitrogen and oxygen atoms in total. The summed E-state index contributed by atoms with van der Waals surface area (Å²) >= 11 is 0. The molecule has 2 aromatic rings. The fraction of sp³-hybridized carbons (Fsp3) is 0.412. The van der Waals surface area contributed by atoms with E-state index in [9.17, 15) is 0 Å². The van der Waals surface area contributed by atoms with Crippen molar-refractivity contribution in [2.75, 3.05) is 26.6 Å². The Morgan fingerprint density at radius 1 is 0.955 bits per heavy atom. The number of rotatable bonds is 4. The van der Waals surface area contributed by atoms with Gasteiger partial charge in [-0.05, 0) is 24.1 Å². The third-order valence-corrected chi connectivity index (χ3v) is 2.64. The third kappa shape index (κ3) is 7.47. The van der Waals surface area contributed by atoms with Gasteiger partial charge in [0, 0.05) is 19.3 Å². The lowest BCUT2D eigenvalue weighted by Gasteiger charge is -1.99. The van der Waals surface area contributed by atoms with Crippen LogP contribution < -0.4 is 14.8 Å². The van der Waals surface area contributed by atoms with Crippen molar-refractivity contribution < 1.29 is 9.47 Å². The van der Waals surface area contributed by atoms with Gasteiger partial charge in [0.25, 0.3) is 0 Å². The first kappa shape index (κ1) is 19.7. The van der Waals surface area contributed by atoms with Gasteiger partial charge in [-0.3, -0.25) is 0 Å². The summed E-state index contributed by atoms with van der Waals surface area (Å²) in [5, 5.41) is 2.91. The first-order valence-electron chi connectivity index (χ1n) is 7.40. The second kappa shape index (κ2) is 12.4. The molecule has 2 aromatic heterocycles. The van der Waals surface area contributed by atoms with E-state index in [1.54, 1.807) is 20.4 Å². The molecule has 0 spiro atoms. The Kier molecular flexibility index (Phi) is 11.1. The van der Waals surface area contributed by atoms with E-state index >= 15 is 0 Å². The number of pyridine rings is 2. The maximum Gasteiger partial charge on any atom is 0.212 e. The minimum absolute atomic E-state index is 0.678. The molecule has 0 amide bonds. The Balaban J connectivity index is 0.000000360. The summed E-state index contributed by atoms with van der Waals surface area (Å²) in [6, 6.07) is 7.61. The van der Waals surface area contributed by atoms with Gasteiger partial charge in [0.15, 0.2) is 0 Å². The highest BCUT2D eigenvalue weighted by Crippen LogP contribution is 2.09. The Morgan fingerprint density at radius 3 is 2.05 bits per heavy atom. The molecule has 0 aliphatic rings. The van der Waals surface area contributed by atoms with Crippen LogP contribution in [0.5, 0.6) is 11.6 Å². The predicted octanol–water partition coefficient (Wildman–Crippen LogP) is 3.81. The number of methoxy groups -OCH3 is 2. The smallest absolute Gasteiger partial charge is 0.212 e. The van der Waals surface area contributed by atoms with Crippen LogP contribution >= 0.6 is 0 Å². The summed E-state index contributed by atoms with van der Waals surface area (Å²) < 4.78 is 9.83. The van der Waals surface area contributed by atoms with Crippen molar-refractivity contribution >= 4 is 5.82 Å². The molecule has 2 heterocycles. The molecule has 0 atom stereocenters. The van der Waals surface area contributed by atoms with Gasteiger partial charge in [-0.15, -0.1) is 0 Å². The summed E-state index contributed by atoms with van der Waals surface area (Å²) in [6.45, 7) is 6.10. The molecule has 5 heteroatoms. The first-order valence-corrected chi connectivity index (χ1v) is 7.40. The van der Waals surface area contributed by atoms with E-state index in [0.29, 0.717) is 5.88 Å². The fourth-order valence-electron chi connectivity index (χ4n) is 1.39. The first-order chi connectivity index (χ1) is 10.7. The highest BCUT2D eigenvalue weighted by molar-refractivity contribution is 5.36. The molecule has 0 saturated carbocycles. The predicted molar refractivity (Wildman–Crippen MR) is 91.9 cm³/mol. The summed E-state index contributed by atoms with van der Waals surface area (Å²) in [6.07, 6.45) is 4.53. The van der Waals surface area contributed by atoms with Crippen LogP contribution in [0.25, 0.3) is 0 Å². The van der Waals surface area contributed by atoms with E-state index in [4.69, 9.17) is 9.47 Å². The van der Waals surface area contributed by atoms with Crippen molar-refractivity contribution in [1.82, 2.24) is 9.97 Å². The fourth-order valence-corrected chi connectivity index (χ4v) is 1.39. The van der Waals surface area contributed by atoms with Crippen LogP contribution in [0.1, 0.15) is 26.3 Å². The van der Waals surface area contributed by atoms with Gasteiger partial charge >= 0.3 is 0 Å². The largest absolute Gasteiger partial charge is 0.495 e. The van der Waals surface area contributed by atoms with Crippen molar-refractivity contribution in [2.45, 2.75) is 27.2 Å². The average molecular weight is 305 g/mol. The summed E-state index contributed by atoms with van der Waals surface area (Å²) in [5.74, 6) is 2.30. The molecule has 0 fully saturated rings. The van der Waals surface area contributed by atoms with Crippen molar-refractivity contribution in [3.63, 3.8) is 0 Å². The van der Waals surface area contributed by atoms with E-state index in [0.717, 1.165) is 18.0 Å². The molecule has 2 rings (SSSR count). The molecule has 0 aliphatic carbocycles. The lowest BCUT2D eigenvalue weighted by atomic mass is 10.2. The maximum absolute atomic E-state index is 4.92. The van der Waals surface area contributed by atoms with Gasteiger partial charge in [-0.2, -0.15) is 0 Å². The van der Waals surface area contributed by atoms with Gasteiger partial charge in [-0.25, -0.2) is 9.97 Å². The van der Waals surface area contributed by atoms with Crippen LogP contribution in [-0.2, 0) is 6.42 Å². The second-order valence-corrected chi connectivity index (χ2v) is 3.90. The van der Waals surface area contributed by atoms with E-state index in [1.807, 2.05) is 51.4 Å². The van der Waals surface area contributed by atoms with E-state index < -0.39 is 0 Å². The van der Waals surface area contributed by atoms with Crippen LogP contribution in [0.15, 0.2) is 36.7 Å². The van der Waals surface area contributed by atoms with E-state index in [-0.39, 0.29) is 0 Å². The SMILES string of the molecule is CC.CCc1ccc(OC)nc1.CNc1ccc(OC)cn1. The van der Waals surface area contributed by atoms with Crippen molar-refractivity contribution in [3.8, 4) is 11.6 Å². The Labute approximate surface area is 133 Å². The van der Waals surface area contributed by atoms with E-state index in [2.05, 4.69) is 22.2 Å². The highest BCUT2D eigenvalue weighted by Gasteiger charge is 1.91. The molecule has 22 heavy (non-hydrogen) atoms. The minimum atomic E-state index is 0.678. The van der Waals surface area contributed by atoms with Gasteiger partial charge in [0.1, 0.15) is 11.6 Å². The molecular formula is C17H27N3O2. The second-order valence-electron chi connectivity index (χ2n) is 3.90. The van der Waals surface area contributed by atoms with Gasteiger partial charge in [0.2, 0.25) is 5.88 Å². The van der Waals surface area contributed by atoms with Crippen molar-refractivity contribution in [2.24, 2.45) is 0 Å². The molecule has 0 saturated heterocycles. The maximum atomic E-state index is 4.92. The highest BCUT2D eigenvalue weighted by atomic mass is 16.5. The topological polar surface area (TPSA) is 56.3 Å². The lowest BCUT2D eigenvalue weighted by Crippen LogP contribution is -1.91. The van der Waals surface area contributed by atoms with Crippen LogP contribution in [0.2, 0.25) is 0 Å². The zero-order valence-electron chi connectivity index (χ0n) is 14.4. The number of aromatic nitrogens is 2. The monoisotopic (exact) mass is 305 g/mol. The summed E-state index contributed by atoms with van der Waals surface area (Å²) in [4.78, 5) is 8.08. The van der Waals surface area contributed by atoms with Crippen LogP contribution in [0.4, 0.5) is 5.82 Å². The number of hydrogen-bond donors (Lipinski definition) is 1. The number of ether oxygens (including phenoxy) is 2.